The van der Waals surface area contributed by atoms with E-state index in [2.05, 4.69) is 39.5 Å². The summed E-state index contributed by atoms with van der Waals surface area (Å²) in [6.45, 7) is 11.4. The van der Waals surface area contributed by atoms with Crippen LogP contribution in [0.15, 0.2) is 41.2 Å². The average molecular weight is 300 g/mol. The lowest BCUT2D eigenvalue weighted by Gasteiger charge is -2.58. The molecular formula is C20H28O2. The molecule has 4 atom stereocenters. The summed E-state index contributed by atoms with van der Waals surface area (Å²) in [5, 5.41) is 10.5. The summed E-state index contributed by atoms with van der Waals surface area (Å²) in [6.07, 6.45) is 12.0. The van der Waals surface area contributed by atoms with Gasteiger partial charge in [0.1, 0.15) is 0 Å². The minimum absolute atomic E-state index is 0.193. The first-order chi connectivity index (χ1) is 10.3. The Morgan fingerprint density at radius 3 is 2.77 bits per heavy atom. The van der Waals surface area contributed by atoms with Gasteiger partial charge in [0.2, 0.25) is 0 Å². The highest BCUT2D eigenvalue weighted by molar-refractivity contribution is 5.49. The summed E-state index contributed by atoms with van der Waals surface area (Å²) in [4.78, 5) is 0. The maximum Gasteiger partial charge on any atom is 0.0974 e. The van der Waals surface area contributed by atoms with Crippen LogP contribution in [0.5, 0.6) is 0 Å². The molecule has 1 aromatic heterocycles. The molecule has 1 heterocycles. The molecule has 0 bridgehead atoms. The van der Waals surface area contributed by atoms with Crippen molar-refractivity contribution in [3.63, 3.8) is 0 Å². The van der Waals surface area contributed by atoms with Crippen LogP contribution in [-0.4, -0.2) is 11.2 Å². The van der Waals surface area contributed by atoms with Gasteiger partial charge < -0.3 is 9.52 Å². The van der Waals surface area contributed by atoms with Gasteiger partial charge in [-0.1, -0.05) is 45.9 Å². The van der Waals surface area contributed by atoms with Crippen LogP contribution >= 0.6 is 0 Å². The van der Waals surface area contributed by atoms with Crippen LogP contribution in [0.25, 0.3) is 6.08 Å². The molecule has 2 saturated carbocycles. The molecule has 2 aliphatic rings. The van der Waals surface area contributed by atoms with Gasteiger partial charge in [-0.3, -0.25) is 0 Å². The fraction of sp³-hybridized carbons (Fsp3) is 0.600. The monoisotopic (exact) mass is 300 g/mol. The smallest absolute Gasteiger partial charge is 0.0974 e. The Kier molecular flexibility index (Phi) is 3.84. The van der Waals surface area contributed by atoms with E-state index < -0.39 is 0 Å². The van der Waals surface area contributed by atoms with Crippen LogP contribution in [-0.2, 0) is 0 Å². The van der Waals surface area contributed by atoms with Crippen molar-refractivity contribution in [3.8, 4) is 0 Å². The topological polar surface area (TPSA) is 33.4 Å². The largest absolute Gasteiger partial charge is 0.472 e. The molecule has 2 aliphatic carbocycles. The molecule has 0 saturated heterocycles. The van der Waals surface area contributed by atoms with Gasteiger partial charge >= 0.3 is 0 Å². The lowest BCUT2D eigenvalue weighted by Crippen LogP contribution is -2.52. The number of hydrogen-bond donors (Lipinski definition) is 1. The Bertz CT molecular complexity index is 567. The molecule has 1 unspecified atom stereocenters. The van der Waals surface area contributed by atoms with Crippen molar-refractivity contribution >= 4 is 6.08 Å². The second-order valence-corrected chi connectivity index (χ2v) is 8.12. The van der Waals surface area contributed by atoms with Crippen molar-refractivity contribution in [2.75, 3.05) is 0 Å². The van der Waals surface area contributed by atoms with E-state index in [0.717, 1.165) is 17.6 Å². The summed E-state index contributed by atoms with van der Waals surface area (Å²) in [7, 11) is 0. The minimum Gasteiger partial charge on any atom is -0.472 e. The number of rotatable bonds is 2. The summed E-state index contributed by atoms with van der Waals surface area (Å²) in [5.74, 6) is 0.768. The Morgan fingerprint density at radius 1 is 1.32 bits per heavy atom. The Morgan fingerprint density at radius 2 is 2.09 bits per heavy atom. The second-order valence-electron chi connectivity index (χ2n) is 8.12. The highest BCUT2D eigenvalue weighted by Gasteiger charge is 2.54. The number of fused-ring (bicyclic) bond motifs is 1. The lowest BCUT2D eigenvalue weighted by molar-refractivity contribution is -0.0697. The number of aliphatic hydroxyl groups is 1. The standard InChI is InChI=1S/C20H28O2/c1-14-16(7-6-15-8-11-22-13-15)20(4)10-5-9-19(2,3)18(20)12-17(14)21/h6-8,11,13,16-18,21H,1,5,9-10,12H2,2-4H3/b7-6+/t16-,17+,18-,20?/m0/s1. The maximum absolute atomic E-state index is 10.5. The van der Waals surface area contributed by atoms with E-state index in [1.54, 1.807) is 12.5 Å². The molecule has 0 aliphatic heterocycles. The van der Waals surface area contributed by atoms with Crippen molar-refractivity contribution in [1.29, 1.82) is 0 Å². The summed E-state index contributed by atoms with van der Waals surface area (Å²) >= 11 is 0. The molecule has 3 rings (SSSR count). The first-order valence-electron chi connectivity index (χ1n) is 8.42. The molecule has 0 spiro atoms. The highest BCUT2D eigenvalue weighted by atomic mass is 16.3. The van der Waals surface area contributed by atoms with Gasteiger partial charge in [0.25, 0.3) is 0 Å². The molecule has 22 heavy (non-hydrogen) atoms. The zero-order valence-corrected chi connectivity index (χ0v) is 14.0. The molecule has 2 heteroatoms. The molecule has 0 radical (unpaired) electrons. The normalized spacial score (nSPS) is 38.2. The van der Waals surface area contributed by atoms with Gasteiger partial charge in [-0.15, -0.1) is 0 Å². The predicted molar refractivity (Wildman–Crippen MR) is 90.2 cm³/mol. The highest BCUT2D eigenvalue weighted by Crippen LogP contribution is 2.61. The van der Waals surface area contributed by atoms with Crippen molar-refractivity contribution in [2.24, 2.45) is 22.7 Å². The van der Waals surface area contributed by atoms with E-state index in [1.165, 1.54) is 19.3 Å². The number of furan rings is 1. The average Bonchev–Trinajstić information content (AvgIpc) is 2.94. The van der Waals surface area contributed by atoms with Gasteiger partial charge in [0.15, 0.2) is 0 Å². The number of allylic oxidation sites excluding steroid dienone is 1. The fourth-order valence-electron chi connectivity index (χ4n) is 5.05. The molecule has 2 nitrogen and oxygen atoms in total. The third-order valence-electron chi connectivity index (χ3n) is 6.30. The maximum atomic E-state index is 10.5. The van der Waals surface area contributed by atoms with Crippen LogP contribution < -0.4 is 0 Å². The minimum atomic E-state index is -0.380. The van der Waals surface area contributed by atoms with Crippen LogP contribution in [0, 0.1) is 22.7 Å². The van der Waals surface area contributed by atoms with E-state index in [-0.39, 0.29) is 22.9 Å². The van der Waals surface area contributed by atoms with Crippen molar-refractivity contribution in [2.45, 2.75) is 52.6 Å². The summed E-state index contributed by atoms with van der Waals surface area (Å²) in [5.41, 5.74) is 2.54. The third-order valence-corrected chi connectivity index (χ3v) is 6.30. The number of aliphatic hydroxyl groups excluding tert-OH is 1. The Balaban J connectivity index is 1.96. The van der Waals surface area contributed by atoms with Crippen molar-refractivity contribution < 1.29 is 9.52 Å². The SMILES string of the molecule is C=C1[C@H](O)C[C@H]2C(C)(C)CCCC2(C)[C@H]1/C=C/c1ccoc1. The second kappa shape index (κ2) is 5.42. The van der Waals surface area contributed by atoms with Gasteiger partial charge in [0.05, 0.1) is 18.6 Å². The van der Waals surface area contributed by atoms with E-state index in [1.807, 2.05) is 6.07 Å². The van der Waals surface area contributed by atoms with Crippen LogP contribution in [0.4, 0.5) is 0 Å². The summed E-state index contributed by atoms with van der Waals surface area (Å²) < 4.78 is 5.14. The number of hydrogen-bond acceptors (Lipinski definition) is 2. The van der Waals surface area contributed by atoms with E-state index in [9.17, 15) is 5.11 Å². The molecule has 1 aromatic rings. The molecule has 0 aromatic carbocycles. The quantitative estimate of drug-likeness (QED) is 0.774. The van der Waals surface area contributed by atoms with Gasteiger partial charge in [-0.25, -0.2) is 0 Å². The van der Waals surface area contributed by atoms with Gasteiger partial charge in [-0.2, -0.15) is 0 Å². The zero-order chi connectivity index (χ0) is 16.0. The molecule has 0 amide bonds. The Hall–Kier alpha value is -1.28. The van der Waals surface area contributed by atoms with Crippen LogP contribution in [0.1, 0.15) is 52.0 Å². The molecule has 1 N–H and O–H groups in total. The van der Waals surface area contributed by atoms with Crippen molar-refractivity contribution in [1.82, 2.24) is 0 Å². The van der Waals surface area contributed by atoms with Crippen LogP contribution in [0.3, 0.4) is 0 Å². The molecule has 120 valence electrons. The fourth-order valence-corrected chi connectivity index (χ4v) is 5.05. The first kappa shape index (κ1) is 15.6. The molecular weight excluding hydrogens is 272 g/mol. The third kappa shape index (κ3) is 2.48. The van der Waals surface area contributed by atoms with Crippen LogP contribution in [0.2, 0.25) is 0 Å². The van der Waals surface area contributed by atoms with E-state index in [0.29, 0.717) is 5.92 Å². The van der Waals surface area contributed by atoms with Gasteiger partial charge in [-0.05, 0) is 47.6 Å². The summed E-state index contributed by atoms with van der Waals surface area (Å²) in [6, 6.07) is 1.96. The predicted octanol–water partition coefficient (Wildman–Crippen LogP) is 5.06. The van der Waals surface area contributed by atoms with E-state index >= 15 is 0 Å². The zero-order valence-electron chi connectivity index (χ0n) is 14.0. The van der Waals surface area contributed by atoms with Gasteiger partial charge in [0, 0.05) is 11.5 Å². The Labute approximate surface area is 133 Å². The molecule has 2 fully saturated rings. The first-order valence-corrected chi connectivity index (χ1v) is 8.42. The van der Waals surface area contributed by atoms with Crippen molar-refractivity contribution in [3.05, 3.63) is 42.4 Å². The lowest BCUT2D eigenvalue weighted by atomic mass is 9.47. The van der Waals surface area contributed by atoms with E-state index in [4.69, 9.17) is 4.42 Å².